The number of rotatable bonds is 2. The number of amides is 1. The van der Waals surface area contributed by atoms with E-state index in [1.54, 1.807) is 18.3 Å². The molecule has 0 aliphatic carbocycles. The van der Waals surface area contributed by atoms with Gasteiger partial charge in [0.1, 0.15) is 11.6 Å². The quantitative estimate of drug-likeness (QED) is 0.774. The first kappa shape index (κ1) is 14.1. The highest BCUT2D eigenvalue weighted by atomic mass is 19.1. The van der Waals surface area contributed by atoms with Gasteiger partial charge in [0.15, 0.2) is 0 Å². The van der Waals surface area contributed by atoms with Crippen LogP contribution in [0.15, 0.2) is 48.7 Å². The number of hydrogen-bond donors (Lipinski definition) is 1. The lowest BCUT2D eigenvalue weighted by Crippen LogP contribution is -2.14. The van der Waals surface area contributed by atoms with Gasteiger partial charge >= 0.3 is 0 Å². The van der Waals surface area contributed by atoms with Crippen LogP contribution in [0.2, 0.25) is 0 Å². The topological polar surface area (TPSA) is 42.0 Å². The molecule has 0 saturated heterocycles. The van der Waals surface area contributed by atoms with E-state index in [1.807, 2.05) is 19.1 Å². The highest BCUT2D eigenvalue weighted by Crippen LogP contribution is 2.25. The van der Waals surface area contributed by atoms with Gasteiger partial charge in [-0.15, -0.1) is 0 Å². The van der Waals surface area contributed by atoms with Crippen LogP contribution >= 0.6 is 0 Å². The van der Waals surface area contributed by atoms with Crippen molar-refractivity contribution in [2.45, 2.75) is 6.92 Å². The molecule has 0 fully saturated rings. The van der Waals surface area contributed by atoms with Gasteiger partial charge in [-0.25, -0.2) is 8.78 Å². The number of nitrogens with one attached hydrogen (secondary N) is 1. The predicted octanol–water partition coefficient (Wildman–Crippen LogP) is 4.07. The van der Waals surface area contributed by atoms with Crippen LogP contribution in [-0.2, 0) is 0 Å². The molecule has 1 N–H and O–H groups in total. The lowest BCUT2D eigenvalue weighted by Gasteiger charge is -2.10. The Labute approximate surface area is 125 Å². The van der Waals surface area contributed by atoms with Crippen LogP contribution in [0.3, 0.4) is 0 Å². The molecule has 0 bridgehead atoms. The van der Waals surface area contributed by atoms with Gasteiger partial charge in [0.2, 0.25) is 0 Å². The number of benzene rings is 2. The van der Waals surface area contributed by atoms with Gasteiger partial charge in [0.05, 0.1) is 16.8 Å². The highest BCUT2D eigenvalue weighted by molar-refractivity contribution is 6.09. The number of pyridine rings is 1. The van der Waals surface area contributed by atoms with Crippen LogP contribution in [0.1, 0.15) is 15.9 Å². The number of carbonyl (C=O) groups is 1. The molecule has 0 saturated carbocycles. The first-order chi connectivity index (χ1) is 10.6. The normalized spacial score (nSPS) is 10.7. The summed E-state index contributed by atoms with van der Waals surface area (Å²) < 4.78 is 26.6. The van der Waals surface area contributed by atoms with E-state index in [2.05, 4.69) is 10.3 Å². The fourth-order valence-corrected chi connectivity index (χ4v) is 2.29. The van der Waals surface area contributed by atoms with Crippen molar-refractivity contribution < 1.29 is 13.6 Å². The molecular weight excluding hydrogens is 286 g/mol. The Morgan fingerprint density at radius 1 is 1.14 bits per heavy atom. The molecule has 1 amide bonds. The number of hydrogen-bond acceptors (Lipinski definition) is 2. The van der Waals surface area contributed by atoms with Gasteiger partial charge in [0.25, 0.3) is 5.91 Å². The zero-order valence-corrected chi connectivity index (χ0v) is 11.7. The molecule has 0 unspecified atom stereocenters. The van der Waals surface area contributed by atoms with Crippen molar-refractivity contribution in [3.63, 3.8) is 0 Å². The van der Waals surface area contributed by atoms with Crippen molar-refractivity contribution in [1.29, 1.82) is 0 Å². The van der Waals surface area contributed by atoms with E-state index in [0.29, 0.717) is 11.8 Å². The van der Waals surface area contributed by atoms with Gasteiger partial charge in [-0.3, -0.25) is 9.78 Å². The van der Waals surface area contributed by atoms with E-state index < -0.39 is 17.5 Å². The molecule has 1 aromatic heterocycles. The molecule has 5 heteroatoms. The molecule has 0 atom stereocenters. The first-order valence-electron chi connectivity index (χ1n) is 6.67. The van der Waals surface area contributed by atoms with Crippen LogP contribution in [-0.4, -0.2) is 10.9 Å². The molecule has 3 nitrogen and oxygen atoms in total. The lowest BCUT2D eigenvalue weighted by atomic mass is 10.1. The maximum Gasteiger partial charge on any atom is 0.258 e. The Balaban J connectivity index is 2.00. The number of fused-ring (bicyclic) bond motifs is 1. The van der Waals surface area contributed by atoms with Crippen LogP contribution in [0, 0.1) is 18.6 Å². The number of nitrogens with zero attached hydrogens (tertiary/aromatic N) is 1. The fourth-order valence-electron chi connectivity index (χ4n) is 2.29. The second-order valence-electron chi connectivity index (χ2n) is 4.91. The highest BCUT2D eigenvalue weighted by Gasteiger charge is 2.14. The van der Waals surface area contributed by atoms with Crippen molar-refractivity contribution in [1.82, 2.24) is 4.98 Å². The maximum atomic E-state index is 13.7. The van der Waals surface area contributed by atoms with Gasteiger partial charge in [-0.05, 0) is 42.8 Å². The van der Waals surface area contributed by atoms with E-state index in [1.165, 1.54) is 0 Å². The summed E-state index contributed by atoms with van der Waals surface area (Å²) in [5, 5.41) is 3.41. The average molecular weight is 298 g/mol. The van der Waals surface area contributed by atoms with E-state index in [9.17, 15) is 13.6 Å². The zero-order chi connectivity index (χ0) is 15.7. The van der Waals surface area contributed by atoms with Gasteiger partial charge in [0, 0.05) is 17.6 Å². The number of anilines is 1. The second kappa shape index (κ2) is 5.52. The van der Waals surface area contributed by atoms with Crippen molar-refractivity contribution in [3.05, 3.63) is 71.4 Å². The molecule has 3 rings (SSSR count). The largest absolute Gasteiger partial charge is 0.321 e. The minimum absolute atomic E-state index is 0.209. The van der Waals surface area contributed by atoms with Crippen molar-refractivity contribution in [3.8, 4) is 0 Å². The van der Waals surface area contributed by atoms with Crippen molar-refractivity contribution in [2.24, 2.45) is 0 Å². The molecule has 110 valence electrons. The molecule has 0 radical (unpaired) electrons. The molecule has 2 aromatic carbocycles. The summed E-state index contributed by atoms with van der Waals surface area (Å²) in [5.41, 5.74) is 2.06. The molecular formula is C17H12F2N2O. The maximum absolute atomic E-state index is 13.7. The van der Waals surface area contributed by atoms with Gasteiger partial charge in [-0.2, -0.15) is 0 Å². The zero-order valence-electron chi connectivity index (χ0n) is 11.7. The standard InChI is InChI=1S/C17H12F2N2O/c1-10-4-7-15(13-3-2-8-20-16(10)13)21-17(22)12-6-5-11(18)9-14(12)19/h2-9H,1H3,(H,21,22). The SMILES string of the molecule is Cc1ccc(NC(=O)c2ccc(F)cc2F)c2cccnc12. The second-order valence-corrected chi connectivity index (χ2v) is 4.91. The summed E-state index contributed by atoms with van der Waals surface area (Å²) in [7, 11) is 0. The van der Waals surface area contributed by atoms with Crippen LogP contribution in [0.4, 0.5) is 14.5 Å². The molecule has 0 aliphatic heterocycles. The molecule has 0 spiro atoms. The lowest BCUT2D eigenvalue weighted by molar-refractivity contribution is 0.102. The summed E-state index contributed by atoms with van der Waals surface area (Å²) in [4.78, 5) is 16.5. The van der Waals surface area contributed by atoms with Crippen LogP contribution in [0.25, 0.3) is 10.9 Å². The smallest absolute Gasteiger partial charge is 0.258 e. The summed E-state index contributed by atoms with van der Waals surface area (Å²) >= 11 is 0. The number of halogens is 2. The molecule has 1 heterocycles. The molecule has 0 aliphatic rings. The Morgan fingerprint density at radius 2 is 1.95 bits per heavy atom. The van der Waals surface area contributed by atoms with Gasteiger partial charge < -0.3 is 5.32 Å². The van der Waals surface area contributed by atoms with Gasteiger partial charge in [-0.1, -0.05) is 6.07 Å². The molecule has 3 aromatic rings. The van der Waals surface area contributed by atoms with E-state index in [-0.39, 0.29) is 5.56 Å². The minimum atomic E-state index is -0.896. The Hall–Kier alpha value is -2.82. The van der Waals surface area contributed by atoms with Crippen LogP contribution in [0.5, 0.6) is 0 Å². The summed E-state index contributed by atoms with van der Waals surface area (Å²) in [6.45, 7) is 1.92. The monoisotopic (exact) mass is 298 g/mol. The minimum Gasteiger partial charge on any atom is -0.321 e. The number of aryl methyl sites for hydroxylation is 1. The average Bonchev–Trinajstić information content (AvgIpc) is 2.50. The first-order valence-corrected chi connectivity index (χ1v) is 6.67. The third kappa shape index (κ3) is 2.53. The van der Waals surface area contributed by atoms with E-state index in [4.69, 9.17) is 0 Å². The Kier molecular flexibility index (Phi) is 3.55. The fraction of sp³-hybridized carbons (Fsp3) is 0.0588. The Bertz CT molecular complexity index is 878. The third-order valence-corrected chi connectivity index (χ3v) is 3.40. The number of carbonyl (C=O) groups excluding carboxylic acids is 1. The van der Waals surface area contributed by atoms with Crippen LogP contribution < -0.4 is 5.32 Å². The summed E-state index contributed by atoms with van der Waals surface area (Å²) in [5.74, 6) is -2.25. The summed E-state index contributed by atoms with van der Waals surface area (Å²) in [6, 6.07) is 10.00. The predicted molar refractivity (Wildman–Crippen MR) is 80.8 cm³/mol. The summed E-state index contributed by atoms with van der Waals surface area (Å²) in [6.07, 6.45) is 1.67. The van der Waals surface area contributed by atoms with Crippen molar-refractivity contribution >= 4 is 22.5 Å². The number of aromatic nitrogens is 1. The molecule has 22 heavy (non-hydrogen) atoms. The van der Waals surface area contributed by atoms with Crippen molar-refractivity contribution in [2.75, 3.05) is 5.32 Å². The third-order valence-electron chi connectivity index (χ3n) is 3.40. The Morgan fingerprint density at radius 3 is 2.73 bits per heavy atom. The van der Waals surface area contributed by atoms with E-state index >= 15 is 0 Å². The van der Waals surface area contributed by atoms with E-state index in [0.717, 1.165) is 28.6 Å².